The molecule has 10 nitrogen and oxygen atoms in total. The second-order valence-electron chi connectivity index (χ2n) is 11.8. The Kier molecular flexibility index (Phi) is 22.4. The number of aliphatic hydroxyl groups excluding tert-OH is 1. The molecule has 0 radical (unpaired) electrons. The first-order chi connectivity index (χ1) is 23.2. The molecule has 0 saturated carbocycles. The topological polar surface area (TPSA) is 148 Å². The van der Waals surface area contributed by atoms with Crippen molar-refractivity contribution in [1.82, 2.24) is 5.32 Å². The van der Waals surface area contributed by atoms with Crippen LogP contribution in [0.5, 0.6) is 5.75 Å². The fourth-order valence-corrected chi connectivity index (χ4v) is 5.24. The summed E-state index contributed by atoms with van der Waals surface area (Å²) in [4.78, 5) is 51.5. The standard InChI is InChI=1S/C38H57NO9/c1-5-8-10-13-16-19-31(41)20-17-14-11-12-15-18-21-33(38(45,26-27-40)37(44)47-7-3)35(42)39-34(36(43)46-4)29-30-22-24-32(25-23-30)48-28-9-6-2/h18,21-25,33-34,40,45H,5,7-8,10-17,19-20,26-29H2,1-4H3,(H,39,42)/t33-,34+,38+/m1/s1. The Hall–Kier alpha value is -3.68. The highest BCUT2D eigenvalue weighted by Crippen LogP contribution is 2.27. The highest BCUT2D eigenvalue weighted by atomic mass is 16.5. The maximum Gasteiger partial charge on any atom is 0.339 e. The van der Waals surface area contributed by atoms with Crippen LogP contribution in [-0.2, 0) is 35.1 Å². The van der Waals surface area contributed by atoms with Crippen molar-refractivity contribution in [2.24, 2.45) is 5.92 Å². The summed E-state index contributed by atoms with van der Waals surface area (Å²) in [6.45, 7) is 5.08. The average Bonchev–Trinajstić information content (AvgIpc) is 3.07. The Morgan fingerprint density at radius 3 is 2.19 bits per heavy atom. The molecule has 3 atom stereocenters. The van der Waals surface area contributed by atoms with E-state index in [0.717, 1.165) is 38.5 Å². The van der Waals surface area contributed by atoms with E-state index in [-0.39, 0.29) is 19.6 Å². The van der Waals surface area contributed by atoms with Gasteiger partial charge in [-0.25, -0.2) is 9.59 Å². The maximum atomic E-state index is 13.7. The molecule has 3 N–H and O–H groups in total. The first kappa shape index (κ1) is 42.3. The molecule has 48 heavy (non-hydrogen) atoms. The van der Waals surface area contributed by atoms with E-state index in [4.69, 9.17) is 14.2 Å². The number of ketones is 1. The number of Topliss-reactive ketones (excluding diaryl/α,β-unsaturated/α-hetero) is 1. The van der Waals surface area contributed by atoms with E-state index in [1.165, 1.54) is 32.4 Å². The number of methoxy groups -OCH3 is 1. The van der Waals surface area contributed by atoms with Crippen LogP contribution < -0.4 is 10.1 Å². The second-order valence-corrected chi connectivity index (χ2v) is 11.8. The number of allylic oxidation sites excluding steroid dienone is 1. The van der Waals surface area contributed by atoms with Crippen molar-refractivity contribution in [3.8, 4) is 17.6 Å². The molecule has 0 fully saturated rings. The molecule has 0 bridgehead atoms. The zero-order valence-corrected chi connectivity index (χ0v) is 29.4. The molecule has 0 aliphatic rings. The van der Waals surface area contributed by atoms with Gasteiger partial charge in [0.25, 0.3) is 0 Å². The lowest BCUT2D eigenvalue weighted by atomic mass is 9.83. The number of carbonyl (C=O) groups excluding carboxylic acids is 4. The molecule has 1 rings (SSSR count). The Morgan fingerprint density at radius 1 is 0.958 bits per heavy atom. The molecule has 1 aromatic rings. The molecule has 1 aromatic carbocycles. The van der Waals surface area contributed by atoms with Crippen LogP contribution >= 0.6 is 0 Å². The number of hydrogen-bond donors (Lipinski definition) is 3. The van der Waals surface area contributed by atoms with E-state index < -0.39 is 48.4 Å². The number of amides is 1. The number of rotatable bonds is 26. The third-order valence-corrected chi connectivity index (χ3v) is 8.04. The fourth-order valence-electron chi connectivity index (χ4n) is 5.24. The van der Waals surface area contributed by atoms with Crippen molar-refractivity contribution < 1.29 is 43.6 Å². The molecule has 0 aliphatic heterocycles. The normalized spacial score (nSPS) is 13.5. The minimum absolute atomic E-state index is 0.0402. The van der Waals surface area contributed by atoms with Crippen molar-refractivity contribution in [3.63, 3.8) is 0 Å². The van der Waals surface area contributed by atoms with Gasteiger partial charge in [0, 0.05) is 32.3 Å². The van der Waals surface area contributed by atoms with Crippen LogP contribution in [0.4, 0.5) is 0 Å². The third kappa shape index (κ3) is 16.4. The van der Waals surface area contributed by atoms with Gasteiger partial charge in [-0.3, -0.25) is 9.59 Å². The summed E-state index contributed by atoms with van der Waals surface area (Å²) in [6, 6.07) is 5.82. The van der Waals surface area contributed by atoms with Crippen molar-refractivity contribution in [1.29, 1.82) is 0 Å². The quantitative estimate of drug-likeness (QED) is 0.0509. The minimum atomic E-state index is -2.37. The summed E-state index contributed by atoms with van der Waals surface area (Å²) in [5.74, 6) is 2.47. The van der Waals surface area contributed by atoms with Gasteiger partial charge in [-0.15, -0.1) is 5.92 Å². The Balaban J connectivity index is 2.93. The molecule has 1 amide bonds. The number of unbranched alkanes of at least 4 members (excludes halogenated alkanes) is 8. The van der Waals surface area contributed by atoms with Gasteiger partial charge in [-0.1, -0.05) is 75.7 Å². The number of esters is 2. The molecular formula is C38H57NO9. The summed E-state index contributed by atoms with van der Waals surface area (Å²) < 4.78 is 15.6. The molecule has 0 aromatic heterocycles. The zero-order chi connectivity index (χ0) is 35.6. The predicted molar refractivity (Wildman–Crippen MR) is 185 cm³/mol. The van der Waals surface area contributed by atoms with E-state index >= 15 is 0 Å². The summed E-state index contributed by atoms with van der Waals surface area (Å²) >= 11 is 0. The average molecular weight is 672 g/mol. The van der Waals surface area contributed by atoms with Crippen molar-refractivity contribution in [3.05, 3.63) is 42.0 Å². The monoisotopic (exact) mass is 671 g/mol. The van der Waals surface area contributed by atoms with Crippen LogP contribution in [0, 0.1) is 17.8 Å². The molecule has 0 spiro atoms. The smallest absolute Gasteiger partial charge is 0.339 e. The number of benzene rings is 1. The lowest BCUT2D eigenvalue weighted by molar-refractivity contribution is -0.174. The molecule has 0 heterocycles. The molecule has 268 valence electrons. The molecule has 0 saturated heterocycles. The van der Waals surface area contributed by atoms with Crippen LogP contribution in [0.15, 0.2) is 36.4 Å². The van der Waals surface area contributed by atoms with Crippen molar-refractivity contribution in [2.45, 2.75) is 122 Å². The van der Waals surface area contributed by atoms with Gasteiger partial charge in [0.2, 0.25) is 5.91 Å². The predicted octanol–water partition coefficient (Wildman–Crippen LogP) is 5.41. The molecule has 0 unspecified atom stereocenters. The number of nitrogens with one attached hydrogen (secondary N) is 1. The summed E-state index contributed by atoms with van der Waals surface area (Å²) in [6.07, 6.45) is 13.6. The van der Waals surface area contributed by atoms with Crippen LogP contribution in [0.2, 0.25) is 0 Å². The van der Waals surface area contributed by atoms with E-state index in [1.807, 2.05) is 0 Å². The largest absolute Gasteiger partial charge is 0.481 e. The van der Waals surface area contributed by atoms with Gasteiger partial charge in [0.1, 0.15) is 24.2 Å². The van der Waals surface area contributed by atoms with E-state index in [1.54, 1.807) is 44.2 Å². The summed E-state index contributed by atoms with van der Waals surface area (Å²) in [7, 11) is 1.20. The Morgan fingerprint density at radius 2 is 1.60 bits per heavy atom. The second kappa shape index (κ2) is 25.4. The zero-order valence-electron chi connectivity index (χ0n) is 29.4. The fraction of sp³-hybridized carbons (Fsp3) is 0.632. The van der Waals surface area contributed by atoms with Crippen LogP contribution in [-0.4, -0.2) is 72.4 Å². The van der Waals surface area contributed by atoms with Gasteiger partial charge in [0.15, 0.2) is 5.60 Å². The Labute approximate surface area is 287 Å². The van der Waals surface area contributed by atoms with E-state index in [0.29, 0.717) is 36.4 Å². The minimum Gasteiger partial charge on any atom is -0.481 e. The number of carbonyl (C=O) groups is 4. The van der Waals surface area contributed by atoms with Gasteiger partial charge in [0.05, 0.1) is 19.6 Å². The lowest BCUT2D eigenvalue weighted by Gasteiger charge is -2.32. The van der Waals surface area contributed by atoms with Crippen LogP contribution in [0.25, 0.3) is 0 Å². The first-order valence-corrected chi connectivity index (χ1v) is 17.3. The maximum absolute atomic E-state index is 13.7. The molecule has 0 aliphatic carbocycles. The highest BCUT2D eigenvalue weighted by molar-refractivity contribution is 5.93. The SMILES string of the molecule is CC#CCOc1ccc(C[C@H](NC(=O)[C@@H](C=CCCCCCCC(=O)CCCCCCC)[C@@](O)(CCO)C(=O)OCC)C(=O)OC)cc1. The number of hydrogen-bond acceptors (Lipinski definition) is 9. The third-order valence-electron chi connectivity index (χ3n) is 8.04. The first-order valence-electron chi connectivity index (χ1n) is 17.3. The van der Waals surface area contributed by atoms with Crippen molar-refractivity contribution >= 4 is 23.6 Å². The lowest BCUT2D eigenvalue weighted by Crippen LogP contribution is -2.55. The number of aliphatic hydroxyl groups is 2. The van der Waals surface area contributed by atoms with Crippen LogP contribution in [0.1, 0.15) is 110 Å². The molecule has 10 heteroatoms. The van der Waals surface area contributed by atoms with E-state index in [2.05, 4.69) is 24.1 Å². The van der Waals surface area contributed by atoms with Crippen LogP contribution in [0.3, 0.4) is 0 Å². The Bertz CT molecular complexity index is 1180. The van der Waals surface area contributed by atoms with Gasteiger partial charge in [-0.05, 0) is 57.2 Å². The van der Waals surface area contributed by atoms with E-state index in [9.17, 15) is 29.4 Å². The highest BCUT2D eigenvalue weighted by Gasteiger charge is 2.48. The number of ether oxygens (including phenoxy) is 3. The van der Waals surface area contributed by atoms with Gasteiger partial charge in [-0.2, -0.15) is 0 Å². The van der Waals surface area contributed by atoms with Gasteiger partial charge < -0.3 is 29.7 Å². The molecular weight excluding hydrogens is 614 g/mol. The summed E-state index contributed by atoms with van der Waals surface area (Å²) in [5.41, 5.74) is -1.67. The van der Waals surface area contributed by atoms with Crippen molar-refractivity contribution in [2.75, 3.05) is 26.9 Å². The van der Waals surface area contributed by atoms with Gasteiger partial charge >= 0.3 is 11.9 Å². The summed E-state index contributed by atoms with van der Waals surface area (Å²) in [5, 5.41) is 23.8.